The van der Waals surface area contributed by atoms with Crippen LogP contribution in [0.15, 0.2) is 42.1 Å². The van der Waals surface area contributed by atoms with Gasteiger partial charge in [0.25, 0.3) is 0 Å². The normalized spacial score (nSPS) is 16.8. The first kappa shape index (κ1) is 11.9. The van der Waals surface area contributed by atoms with E-state index in [-0.39, 0.29) is 18.4 Å². The van der Waals surface area contributed by atoms with Crippen molar-refractivity contribution < 1.29 is 9.90 Å². The van der Waals surface area contributed by atoms with E-state index in [1.807, 2.05) is 30.3 Å². The largest absolute Gasteiger partial charge is 0.394 e. The third kappa shape index (κ3) is 3.43. The lowest BCUT2D eigenvalue weighted by atomic mass is 10.1. The van der Waals surface area contributed by atoms with Crippen LogP contribution >= 0.6 is 0 Å². The molecule has 1 unspecified atom stereocenters. The summed E-state index contributed by atoms with van der Waals surface area (Å²) < 4.78 is 0. The lowest BCUT2D eigenvalue weighted by Gasteiger charge is -2.18. The van der Waals surface area contributed by atoms with Crippen LogP contribution in [0.5, 0.6) is 0 Å². The maximum Gasteiger partial charge on any atom is 0.157 e. The lowest BCUT2D eigenvalue weighted by Crippen LogP contribution is -2.33. The Morgan fingerprint density at radius 2 is 2.00 bits per heavy atom. The number of hydrogen-bond donors (Lipinski definition) is 2. The van der Waals surface area contributed by atoms with Gasteiger partial charge in [0, 0.05) is 18.2 Å². The van der Waals surface area contributed by atoms with E-state index in [1.54, 1.807) is 6.08 Å². The van der Waals surface area contributed by atoms with Crippen LogP contribution in [0.3, 0.4) is 0 Å². The summed E-state index contributed by atoms with van der Waals surface area (Å²) >= 11 is 0. The van der Waals surface area contributed by atoms with Crippen molar-refractivity contribution in [1.82, 2.24) is 5.32 Å². The van der Waals surface area contributed by atoms with Crippen LogP contribution < -0.4 is 5.32 Å². The highest BCUT2D eigenvalue weighted by Crippen LogP contribution is 2.13. The van der Waals surface area contributed by atoms with Gasteiger partial charge in [-0.05, 0) is 18.4 Å². The minimum Gasteiger partial charge on any atom is -0.394 e. The molecular weight excluding hydrogens is 214 g/mol. The molecule has 90 valence electrons. The first-order chi connectivity index (χ1) is 8.28. The molecule has 0 heterocycles. The summed E-state index contributed by atoms with van der Waals surface area (Å²) in [4.78, 5) is 11.1. The number of aliphatic hydroxyl groups is 1. The quantitative estimate of drug-likeness (QED) is 0.806. The molecule has 0 saturated carbocycles. The number of nitrogens with one attached hydrogen (secondary N) is 1. The fourth-order valence-corrected chi connectivity index (χ4v) is 2.03. The summed E-state index contributed by atoms with van der Waals surface area (Å²) in [7, 11) is 0. The van der Waals surface area contributed by atoms with Gasteiger partial charge in [-0.1, -0.05) is 30.3 Å². The van der Waals surface area contributed by atoms with Crippen molar-refractivity contribution in [2.24, 2.45) is 0 Å². The summed E-state index contributed by atoms with van der Waals surface area (Å²) in [6.07, 6.45) is 3.77. The topological polar surface area (TPSA) is 49.3 Å². The van der Waals surface area contributed by atoms with Crippen molar-refractivity contribution in [1.29, 1.82) is 0 Å². The maximum absolute atomic E-state index is 11.1. The number of ketones is 1. The molecule has 2 N–H and O–H groups in total. The summed E-state index contributed by atoms with van der Waals surface area (Å²) in [5.41, 5.74) is 2.13. The molecule has 0 radical (unpaired) electrons. The highest BCUT2D eigenvalue weighted by atomic mass is 16.3. The highest BCUT2D eigenvalue weighted by molar-refractivity contribution is 5.92. The van der Waals surface area contributed by atoms with E-state index in [1.165, 1.54) is 5.56 Å². The molecule has 17 heavy (non-hydrogen) atoms. The summed E-state index contributed by atoms with van der Waals surface area (Å²) in [5, 5.41) is 12.6. The molecule has 0 fully saturated rings. The smallest absolute Gasteiger partial charge is 0.157 e. The van der Waals surface area contributed by atoms with Gasteiger partial charge >= 0.3 is 0 Å². The number of carbonyl (C=O) groups excluding carboxylic acids is 1. The summed E-state index contributed by atoms with van der Waals surface area (Å²) in [5.74, 6) is 0.170. The number of benzene rings is 1. The van der Waals surface area contributed by atoms with E-state index in [4.69, 9.17) is 0 Å². The zero-order valence-electron chi connectivity index (χ0n) is 9.73. The molecule has 1 aliphatic carbocycles. The second-order valence-corrected chi connectivity index (χ2v) is 4.35. The minimum absolute atomic E-state index is 0.0189. The van der Waals surface area contributed by atoms with E-state index < -0.39 is 0 Å². The van der Waals surface area contributed by atoms with Crippen LogP contribution in [0.25, 0.3) is 0 Å². The fraction of sp³-hybridized carbons (Fsp3) is 0.357. The second kappa shape index (κ2) is 5.64. The zero-order valence-corrected chi connectivity index (χ0v) is 9.73. The predicted octanol–water partition coefficient (Wildman–Crippen LogP) is 1.43. The average Bonchev–Trinajstić information content (AvgIpc) is 2.75. The Kier molecular flexibility index (Phi) is 3.94. The SMILES string of the molecule is O=C1C=C(NC(CO)Cc2ccccc2)CC1. The van der Waals surface area contributed by atoms with E-state index in [0.717, 1.165) is 18.5 Å². The van der Waals surface area contributed by atoms with Crippen molar-refractivity contribution in [3.05, 3.63) is 47.7 Å². The van der Waals surface area contributed by atoms with Crippen LogP contribution in [-0.2, 0) is 11.2 Å². The molecule has 3 heteroatoms. The monoisotopic (exact) mass is 231 g/mol. The molecule has 0 aromatic heterocycles. The lowest BCUT2D eigenvalue weighted by molar-refractivity contribution is -0.114. The van der Waals surface area contributed by atoms with Crippen molar-refractivity contribution in [2.75, 3.05) is 6.61 Å². The van der Waals surface area contributed by atoms with Gasteiger partial charge in [0.15, 0.2) is 5.78 Å². The Morgan fingerprint density at radius 1 is 1.24 bits per heavy atom. The Bertz CT molecular complexity index is 411. The Labute approximate surface area is 101 Å². The van der Waals surface area contributed by atoms with Crippen molar-refractivity contribution in [3.63, 3.8) is 0 Å². The third-order valence-electron chi connectivity index (χ3n) is 2.91. The molecule has 0 amide bonds. The Balaban J connectivity index is 1.93. The van der Waals surface area contributed by atoms with Gasteiger partial charge in [0.05, 0.1) is 12.6 Å². The van der Waals surface area contributed by atoms with Crippen LogP contribution in [0.4, 0.5) is 0 Å². The first-order valence-electron chi connectivity index (χ1n) is 5.92. The van der Waals surface area contributed by atoms with Crippen molar-refractivity contribution in [2.45, 2.75) is 25.3 Å². The van der Waals surface area contributed by atoms with Gasteiger partial charge in [0.1, 0.15) is 0 Å². The first-order valence-corrected chi connectivity index (χ1v) is 5.92. The number of allylic oxidation sites excluding steroid dienone is 2. The van der Waals surface area contributed by atoms with Gasteiger partial charge in [-0.3, -0.25) is 4.79 Å². The molecule has 0 aliphatic heterocycles. The predicted molar refractivity (Wildman–Crippen MR) is 66.5 cm³/mol. The van der Waals surface area contributed by atoms with Crippen molar-refractivity contribution in [3.8, 4) is 0 Å². The number of hydrogen-bond acceptors (Lipinski definition) is 3. The summed E-state index contributed by atoms with van der Waals surface area (Å²) in [6, 6.07) is 10.0. The van der Waals surface area contributed by atoms with Gasteiger partial charge in [-0.15, -0.1) is 0 Å². The maximum atomic E-state index is 11.1. The molecule has 0 bridgehead atoms. The van der Waals surface area contributed by atoms with Crippen LogP contribution in [0.1, 0.15) is 18.4 Å². The molecule has 0 saturated heterocycles. The van der Waals surface area contributed by atoms with Gasteiger partial charge in [-0.2, -0.15) is 0 Å². The number of aliphatic hydroxyl groups excluding tert-OH is 1. The standard InChI is InChI=1S/C14H17NO2/c16-10-13(8-11-4-2-1-3-5-11)15-12-6-7-14(17)9-12/h1-5,9,13,15-16H,6-8,10H2. The van der Waals surface area contributed by atoms with E-state index in [9.17, 15) is 9.90 Å². The fourth-order valence-electron chi connectivity index (χ4n) is 2.03. The van der Waals surface area contributed by atoms with Gasteiger partial charge < -0.3 is 10.4 Å². The van der Waals surface area contributed by atoms with Crippen LogP contribution in [0.2, 0.25) is 0 Å². The van der Waals surface area contributed by atoms with Crippen molar-refractivity contribution >= 4 is 5.78 Å². The average molecular weight is 231 g/mol. The van der Waals surface area contributed by atoms with Gasteiger partial charge in [-0.25, -0.2) is 0 Å². The van der Waals surface area contributed by atoms with Gasteiger partial charge in [0.2, 0.25) is 0 Å². The molecule has 1 aromatic rings. The number of carbonyl (C=O) groups is 1. The molecule has 3 nitrogen and oxygen atoms in total. The van der Waals surface area contributed by atoms with E-state index in [0.29, 0.717) is 6.42 Å². The molecule has 1 aliphatic rings. The van der Waals surface area contributed by atoms with E-state index in [2.05, 4.69) is 5.32 Å². The Hall–Kier alpha value is -1.61. The molecule has 2 rings (SSSR count). The second-order valence-electron chi connectivity index (χ2n) is 4.35. The van der Waals surface area contributed by atoms with Crippen LogP contribution in [0, 0.1) is 0 Å². The molecule has 0 spiro atoms. The summed E-state index contributed by atoms with van der Waals surface area (Å²) in [6.45, 7) is 0.0699. The Morgan fingerprint density at radius 3 is 2.59 bits per heavy atom. The molecular formula is C14H17NO2. The highest BCUT2D eigenvalue weighted by Gasteiger charge is 2.15. The van der Waals surface area contributed by atoms with Crippen LogP contribution in [-0.4, -0.2) is 23.5 Å². The number of rotatable bonds is 5. The minimum atomic E-state index is -0.0189. The van der Waals surface area contributed by atoms with E-state index >= 15 is 0 Å². The molecule has 1 aromatic carbocycles. The molecule has 1 atom stereocenters. The zero-order chi connectivity index (χ0) is 12.1. The third-order valence-corrected chi connectivity index (χ3v) is 2.91.